The van der Waals surface area contributed by atoms with Gasteiger partial charge in [0.15, 0.2) is 0 Å². The number of furan rings is 1. The smallest absolute Gasteiger partial charge is 0.216 e. The molecule has 0 radical (unpaired) electrons. The van der Waals surface area contributed by atoms with E-state index in [4.69, 9.17) is 16.0 Å². The van der Waals surface area contributed by atoms with E-state index in [0.29, 0.717) is 28.5 Å². The molecule has 2 aromatic rings. The summed E-state index contributed by atoms with van der Waals surface area (Å²) in [5.41, 5.74) is 0.936. The minimum atomic E-state index is -0.157. The number of carbonyl (C=O) groups excluding carboxylic acids is 1. The predicted molar refractivity (Wildman–Crippen MR) is 59.7 cm³/mol. The average molecular weight is 239 g/mol. The number of carbonyl (C=O) groups is 1. The van der Waals surface area contributed by atoms with Gasteiger partial charge in [0, 0.05) is 13.5 Å². The molecule has 0 aliphatic heterocycles. The first-order chi connectivity index (χ1) is 7.65. The first-order valence-electron chi connectivity index (χ1n) is 4.93. The van der Waals surface area contributed by atoms with Gasteiger partial charge in [-0.1, -0.05) is 18.5 Å². The van der Waals surface area contributed by atoms with Crippen LogP contribution in [0.15, 0.2) is 22.9 Å². The molecule has 2 rings (SSSR count). The molecule has 0 amide bonds. The summed E-state index contributed by atoms with van der Waals surface area (Å²) in [5.74, 6) is 0.512. The van der Waals surface area contributed by atoms with Crippen molar-refractivity contribution in [3.63, 3.8) is 0 Å². The number of aryl methyl sites for hydroxylation is 2. The van der Waals surface area contributed by atoms with Gasteiger partial charge in [-0.05, 0) is 6.07 Å². The summed E-state index contributed by atoms with van der Waals surface area (Å²) in [6, 6.07) is 1.66. The number of ketones is 1. The number of aromatic nitrogens is 2. The lowest BCUT2D eigenvalue weighted by molar-refractivity contribution is 0.102. The monoisotopic (exact) mass is 238 g/mol. The topological polar surface area (TPSA) is 48.0 Å². The third-order valence-electron chi connectivity index (χ3n) is 2.42. The highest BCUT2D eigenvalue weighted by Gasteiger charge is 2.21. The Hall–Kier alpha value is -1.55. The molecule has 5 heteroatoms. The van der Waals surface area contributed by atoms with Gasteiger partial charge in [-0.25, -0.2) is 0 Å². The lowest BCUT2D eigenvalue weighted by Crippen LogP contribution is -2.09. The zero-order chi connectivity index (χ0) is 11.7. The molecule has 0 fully saturated rings. The van der Waals surface area contributed by atoms with Crippen molar-refractivity contribution in [2.45, 2.75) is 13.3 Å². The second-order valence-electron chi connectivity index (χ2n) is 3.40. The van der Waals surface area contributed by atoms with E-state index in [2.05, 4.69) is 5.10 Å². The SMILES string of the molecule is CCc1occc1C(=O)c1c(Cl)cnn1C. The maximum Gasteiger partial charge on any atom is 0.216 e. The average Bonchev–Trinajstić information content (AvgIpc) is 2.85. The number of hydrogen-bond donors (Lipinski definition) is 0. The van der Waals surface area contributed by atoms with Crippen LogP contribution in [0.2, 0.25) is 5.02 Å². The fraction of sp³-hybridized carbons (Fsp3) is 0.273. The maximum absolute atomic E-state index is 12.2. The second kappa shape index (κ2) is 4.14. The van der Waals surface area contributed by atoms with Crippen LogP contribution in [0.4, 0.5) is 0 Å². The van der Waals surface area contributed by atoms with Crippen LogP contribution in [0.25, 0.3) is 0 Å². The summed E-state index contributed by atoms with van der Waals surface area (Å²) in [7, 11) is 1.69. The molecule has 16 heavy (non-hydrogen) atoms. The Bertz CT molecular complexity index is 508. The summed E-state index contributed by atoms with van der Waals surface area (Å²) in [6.07, 6.45) is 3.64. The first-order valence-corrected chi connectivity index (χ1v) is 5.31. The van der Waals surface area contributed by atoms with E-state index >= 15 is 0 Å². The van der Waals surface area contributed by atoms with Gasteiger partial charge in [0.25, 0.3) is 0 Å². The van der Waals surface area contributed by atoms with Crippen molar-refractivity contribution < 1.29 is 9.21 Å². The molecule has 4 nitrogen and oxygen atoms in total. The van der Waals surface area contributed by atoms with Crippen LogP contribution in [0.5, 0.6) is 0 Å². The first kappa shape index (κ1) is 11.0. The Morgan fingerprint density at radius 2 is 2.38 bits per heavy atom. The Morgan fingerprint density at radius 3 is 2.94 bits per heavy atom. The number of rotatable bonds is 3. The Balaban J connectivity index is 2.47. The minimum Gasteiger partial charge on any atom is -0.469 e. The van der Waals surface area contributed by atoms with Gasteiger partial charge in [0.1, 0.15) is 11.5 Å². The molecule has 2 aromatic heterocycles. The number of nitrogens with zero attached hydrogens (tertiary/aromatic N) is 2. The highest BCUT2D eigenvalue weighted by Crippen LogP contribution is 2.21. The fourth-order valence-electron chi connectivity index (χ4n) is 1.61. The lowest BCUT2D eigenvalue weighted by Gasteiger charge is -2.01. The Labute approximate surface area is 97.8 Å². The lowest BCUT2D eigenvalue weighted by atomic mass is 10.1. The van der Waals surface area contributed by atoms with Gasteiger partial charge in [-0.2, -0.15) is 5.10 Å². The van der Waals surface area contributed by atoms with E-state index in [-0.39, 0.29) is 5.78 Å². The molecule has 0 aliphatic rings. The molecule has 0 saturated carbocycles. The fourth-order valence-corrected chi connectivity index (χ4v) is 1.86. The predicted octanol–water partition coefficient (Wildman–Crippen LogP) is 2.46. The molecule has 0 atom stereocenters. The van der Waals surface area contributed by atoms with E-state index in [1.54, 1.807) is 13.1 Å². The second-order valence-corrected chi connectivity index (χ2v) is 3.81. The van der Waals surface area contributed by atoms with Crippen LogP contribution in [0, 0.1) is 0 Å². The van der Waals surface area contributed by atoms with Gasteiger partial charge in [0.2, 0.25) is 5.78 Å². The van der Waals surface area contributed by atoms with E-state index in [1.807, 2.05) is 6.92 Å². The van der Waals surface area contributed by atoms with E-state index in [0.717, 1.165) is 0 Å². The van der Waals surface area contributed by atoms with Crippen LogP contribution in [0.3, 0.4) is 0 Å². The summed E-state index contributed by atoms with van der Waals surface area (Å²) < 4.78 is 6.69. The van der Waals surface area contributed by atoms with Crippen molar-refractivity contribution >= 4 is 17.4 Å². The maximum atomic E-state index is 12.2. The minimum absolute atomic E-state index is 0.157. The van der Waals surface area contributed by atoms with Crippen molar-refractivity contribution in [3.05, 3.63) is 40.6 Å². The zero-order valence-corrected chi connectivity index (χ0v) is 9.78. The van der Waals surface area contributed by atoms with Crippen molar-refractivity contribution in [1.82, 2.24) is 9.78 Å². The van der Waals surface area contributed by atoms with Crippen LogP contribution >= 0.6 is 11.6 Å². The molecule has 0 aromatic carbocycles. The van der Waals surface area contributed by atoms with Gasteiger partial charge in [0.05, 0.1) is 23.0 Å². The van der Waals surface area contributed by atoms with Crippen molar-refractivity contribution in [2.75, 3.05) is 0 Å². The number of halogens is 1. The molecule has 0 aliphatic carbocycles. The third kappa shape index (κ3) is 1.65. The summed E-state index contributed by atoms with van der Waals surface area (Å²) in [4.78, 5) is 12.2. The van der Waals surface area contributed by atoms with Crippen LogP contribution in [0.1, 0.15) is 28.7 Å². The molecule has 0 unspecified atom stereocenters. The quantitative estimate of drug-likeness (QED) is 0.772. The Kier molecular flexibility index (Phi) is 2.83. The van der Waals surface area contributed by atoms with Gasteiger partial charge < -0.3 is 4.42 Å². The van der Waals surface area contributed by atoms with Crippen molar-refractivity contribution in [3.8, 4) is 0 Å². The van der Waals surface area contributed by atoms with Gasteiger partial charge in [-0.3, -0.25) is 9.48 Å². The summed E-state index contributed by atoms with van der Waals surface area (Å²) in [5, 5.41) is 4.29. The molecule has 84 valence electrons. The standard InChI is InChI=1S/C11H11ClN2O2/c1-3-9-7(4-5-16-9)11(15)10-8(12)6-13-14(10)2/h4-6H,3H2,1-2H3. The van der Waals surface area contributed by atoms with E-state index in [1.165, 1.54) is 17.1 Å². The molecule has 0 bridgehead atoms. The molecular formula is C11H11ClN2O2. The highest BCUT2D eigenvalue weighted by molar-refractivity contribution is 6.34. The van der Waals surface area contributed by atoms with Gasteiger partial charge in [-0.15, -0.1) is 0 Å². The summed E-state index contributed by atoms with van der Waals surface area (Å²) in [6.45, 7) is 1.93. The van der Waals surface area contributed by atoms with E-state index in [9.17, 15) is 4.79 Å². The van der Waals surface area contributed by atoms with Crippen molar-refractivity contribution in [1.29, 1.82) is 0 Å². The largest absolute Gasteiger partial charge is 0.469 e. The molecule has 2 heterocycles. The van der Waals surface area contributed by atoms with Crippen LogP contribution < -0.4 is 0 Å². The molecular weight excluding hydrogens is 228 g/mol. The van der Waals surface area contributed by atoms with Crippen LogP contribution in [-0.4, -0.2) is 15.6 Å². The highest BCUT2D eigenvalue weighted by atomic mass is 35.5. The van der Waals surface area contributed by atoms with E-state index < -0.39 is 0 Å². The molecule has 0 saturated heterocycles. The van der Waals surface area contributed by atoms with Gasteiger partial charge >= 0.3 is 0 Å². The number of hydrogen-bond acceptors (Lipinski definition) is 3. The Morgan fingerprint density at radius 1 is 1.62 bits per heavy atom. The molecule has 0 N–H and O–H groups in total. The molecule has 0 spiro atoms. The summed E-state index contributed by atoms with van der Waals surface area (Å²) >= 11 is 5.92. The third-order valence-corrected chi connectivity index (χ3v) is 2.70. The van der Waals surface area contributed by atoms with Crippen LogP contribution in [-0.2, 0) is 13.5 Å². The zero-order valence-electron chi connectivity index (χ0n) is 9.03. The normalized spacial score (nSPS) is 10.7. The van der Waals surface area contributed by atoms with Crippen molar-refractivity contribution in [2.24, 2.45) is 7.05 Å².